The highest BCUT2D eigenvalue weighted by atomic mass is 16.6. The molecule has 6 bridgehead atoms. The van der Waals surface area contributed by atoms with Gasteiger partial charge in [-0.15, -0.1) is 0 Å². The van der Waals surface area contributed by atoms with Crippen molar-refractivity contribution in [1.29, 1.82) is 0 Å². The number of aliphatic hydroxyl groups is 1. The third-order valence-electron chi connectivity index (χ3n) is 17.1. The van der Waals surface area contributed by atoms with Gasteiger partial charge in [-0.05, 0) is 153 Å². The van der Waals surface area contributed by atoms with Crippen LogP contribution in [0.3, 0.4) is 0 Å². The minimum absolute atomic E-state index is 0.0350. The van der Waals surface area contributed by atoms with E-state index in [2.05, 4.69) is 0 Å². The zero-order valence-corrected chi connectivity index (χ0v) is 32.3. The third-order valence-corrected chi connectivity index (χ3v) is 17.1. The summed E-state index contributed by atoms with van der Waals surface area (Å²) in [6, 6.07) is 0. The fourth-order valence-corrected chi connectivity index (χ4v) is 14.7. The van der Waals surface area contributed by atoms with E-state index < -0.39 is 75.9 Å². The van der Waals surface area contributed by atoms with Gasteiger partial charge in [0.1, 0.15) is 17.1 Å². The number of hydrogen-bond donors (Lipinski definition) is 1. The molecule has 11 heteroatoms. The number of fused-ring (bicyclic) bond motifs is 14. The van der Waals surface area contributed by atoms with E-state index >= 15 is 4.79 Å². The molecule has 0 aromatic heterocycles. The van der Waals surface area contributed by atoms with Crippen molar-refractivity contribution in [1.82, 2.24) is 0 Å². The molecule has 2 heterocycles. The molecule has 2 saturated heterocycles. The maximum atomic E-state index is 15.1. The first-order chi connectivity index (χ1) is 24.8. The largest absolute Gasteiger partial charge is 0.459 e. The summed E-state index contributed by atoms with van der Waals surface area (Å²) >= 11 is 0. The second kappa shape index (κ2) is 11.7. The van der Waals surface area contributed by atoms with Crippen LogP contribution < -0.4 is 0 Å². The summed E-state index contributed by atoms with van der Waals surface area (Å²) < 4.78 is 30.3. The van der Waals surface area contributed by atoms with Gasteiger partial charge in [0.2, 0.25) is 0 Å². The maximum Gasteiger partial charge on any atom is 0.320 e. The van der Waals surface area contributed by atoms with Crippen LogP contribution in [0.15, 0.2) is 0 Å². The Morgan fingerprint density at radius 2 is 1.51 bits per heavy atom. The van der Waals surface area contributed by atoms with Gasteiger partial charge in [-0.3, -0.25) is 24.0 Å². The van der Waals surface area contributed by atoms with Crippen molar-refractivity contribution >= 4 is 29.8 Å². The van der Waals surface area contributed by atoms with Gasteiger partial charge in [0, 0.05) is 5.92 Å². The van der Waals surface area contributed by atoms with Gasteiger partial charge in [0.15, 0.2) is 6.10 Å². The van der Waals surface area contributed by atoms with Crippen LogP contribution in [0.4, 0.5) is 0 Å². The highest BCUT2D eigenvalue weighted by Crippen LogP contribution is 2.69. The Balaban J connectivity index is 1.02. The Morgan fingerprint density at radius 3 is 2.21 bits per heavy atom. The topological polar surface area (TPSA) is 152 Å². The molecule has 0 radical (unpaired) electrons. The van der Waals surface area contributed by atoms with Crippen LogP contribution in [0.1, 0.15) is 113 Å². The summed E-state index contributed by atoms with van der Waals surface area (Å²) in [5.74, 6) is -2.57. The van der Waals surface area contributed by atoms with Gasteiger partial charge < -0.3 is 28.8 Å². The summed E-state index contributed by atoms with van der Waals surface area (Å²) in [6.07, 6.45) is 7.48. The van der Waals surface area contributed by atoms with E-state index in [1.165, 1.54) is 33.1 Å². The number of hydrogen-bond acceptors (Lipinski definition) is 11. The highest BCUT2D eigenvalue weighted by Gasteiger charge is 2.70. The number of cyclic esters (lactones) is 3. The maximum absolute atomic E-state index is 15.1. The van der Waals surface area contributed by atoms with Gasteiger partial charge in [0.25, 0.3) is 0 Å². The first-order valence-corrected chi connectivity index (χ1v) is 20.6. The number of carbonyl (C=O) groups is 5. The summed E-state index contributed by atoms with van der Waals surface area (Å²) in [5, 5.41) is 10.5. The quantitative estimate of drug-likeness (QED) is 0.144. The van der Waals surface area contributed by atoms with Crippen LogP contribution in [0.5, 0.6) is 0 Å². The van der Waals surface area contributed by atoms with E-state index in [9.17, 15) is 24.3 Å². The smallest absolute Gasteiger partial charge is 0.320 e. The lowest BCUT2D eigenvalue weighted by molar-refractivity contribution is -0.200. The Morgan fingerprint density at radius 1 is 0.830 bits per heavy atom. The van der Waals surface area contributed by atoms with E-state index in [1.807, 2.05) is 20.8 Å². The van der Waals surface area contributed by atoms with E-state index in [1.54, 1.807) is 13.8 Å². The molecule has 0 spiro atoms. The van der Waals surface area contributed by atoms with Gasteiger partial charge >= 0.3 is 29.8 Å². The Kier molecular flexibility index (Phi) is 8.01. The molecule has 0 aromatic rings. The lowest BCUT2D eigenvalue weighted by atomic mass is 9.61. The van der Waals surface area contributed by atoms with Crippen molar-refractivity contribution in [2.24, 2.45) is 82.3 Å². The molecule has 9 fully saturated rings. The highest BCUT2D eigenvalue weighted by molar-refractivity contribution is 6.01. The minimum Gasteiger partial charge on any atom is -0.459 e. The number of rotatable bonds is 9. The average molecular weight is 739 g/mol. The van der Waals surface area contributed by atoms with Gasteiger partial charge in [-0.25, -0.2) is 0 Å². The van der Waals surface area contributed by atoms with Crippen LogP contribution in [0, 0.1) is 82.3 Å². The number of aliphatic hydroxyl groups excluding tert-OH is 1. The van der Waals surface area contributed by atoms with Gasteiger partial charge in [0.05, 0.1) is 41.5 Å². The van der Waals surface area contributed by atoms with E-state index in [0.29, 0.717) is 42.4 Å². The first-order valence-electron chi connectivity index (χ1n) is 20.6. The standard InChI is InChI=1S/C42H58O11/c1-18(35(45)49-29-16-30(44)52-39(29,2)3)42(7,38(48)53-41(6)17-22-12-27(41)25-15-23(43)14-24(22)25)34-33(36(46)50-37(34)47)40(4,5)51-28-13-21-11-26(28)32-20-9-8-19(10-20)31(21)32/h18-29,31-34,43H,8-17H2,1-7H3. The third kappa shape index (κ3) is 5.20. The molecule has 1 N–H and O–H groups in total. The SMILES string of the molecule is CC(C(=O)OC1CC(=O)OC1(C)C)C(C)(C(=O)OC1(C)CC2CC1C1CC(O)CC21)C1C(=O)OC(=O)C1C(C)(C)OC1CC2CC1C1C3CCC(C3)C21. The van der Waals surface area contributed by atoms with Crippen molar-refractivity contribution < 1.29 is 52.8 Å². The molecule has 9 aliphatic rings. The molecule has 292 valence electrons. The number of esters is 5. The monoisotopic (exact) mass is 738 g/mol. The number of ether oxygens (including phenoxy) is 5. The molecule has 18 unspecified atom stereocenters. The molecular formula is C42H58O11. The minimum atomic E-state index is -1.90. The van der Waals surface area contributed by atoms with Gasteiger partial charge in [-0.1, -0.05) is 6.92 Å². The predicted molar refractivity (Wildman–Crippen MR) is 186 cm³/mol. The molecule has 11 nitrogen and oxygen atoms in total. The predicted octanol–water partition coefficient (Wildman–Crippen LogP) is 5.18. The van der Waals surface area contributed by atoms with Crippen LogP contribution in [0.25, 0.3) is 0 Å². The second-order valence-electron chi connectivity index (χ2n) is 20.5. The van der Waals surface area contributed by atoms with Crippen molar-refractivity contribution in [3.8, 4) is 0 Å². The van der Waals surface area contributed by atoms with Crippen LogP contribution in [-0.2, 0) is 47.7 Å². The molecule has 0 amide bonds. The van der Waals surface area contributed by atoms with Crippen LogP contribution >= 0.6 is 0 Å². The molecule has 7 aliphatic carbocycles. The molecule has 0 aromatic carbocycles. The van der Waals surface area contributed by atoms with E-state index in [0.717, 1.165) is 43.4 Å². The summed E-state index contributed by atoms with van der Waals surface area (Å²) in [4.78, 5) is 69.5. The second-order valence-corrected chi connectivity index (χ2v) is 20.5. The zero-order valence-electron chi connectivity index (χ0n) is 32.3. The fourth-order valence-electron chi connectivity index (χ4n) is 14.7. The van der Waals surface area contributed by atoms with Crippen molar-refractivity contribution in [2.45, 2.75) is 148 Å². The van der Waals surface area contributed by atoms with Crippen molar-refractivity contribution in [3.05, 3.63) is 0 Å². The first kappa shape index (κ1) is 36.1. The Bertz CT molecular complexity index is 1620. The van der Waals surface area contributed by atoms with Crippen molar-refractivity contribution in [3.63, 3.8) is 0 Å². The summed E-state index contributed by atoms with van der Waals surface area (Å²) in [6.45, 7) is 12.0. The normalized spacial score (nSPS) is 48.8. The molecular weight excluding hydrogens is 680 g/mol. The fraction of sp³-hybridized carbons (Fsp3) is 0.881. The zero-order chi connectivity index (χ0) is 37.7. The van der Waals surface area contributed by atoms with Gasteiger partial charge in [-0.2, -0.15) is 0 Å². The molecule has 9 rings (SSSR count). The van der Waals surface area contributed by atoms with E-state index in [4.69, 9.17) is 23.7 Å². The average Bonchev–Trinajstić information content (AvgIpc) is 3.91. The summed E-state index contributed by atoms with van der Waals surface area (Å²) in [7, 11) is 0. The molecule has 18 atom stereocenters. The number of carbonyl (C=O) groups excluding carboxylic acids is 5. The van der Waals surface area contributed by atoms with Crippen LogP contribution in [-0.4, -0.2) is 70.1 Å². The molecule has 2 aliphatic heterocycles. The van der Waals surface area contributed by atoms with Crippen LogP contribution in [0.2, 0.25) is 0 Å². The Labute approximate surface area is 312 Å². The molecule has 7 saturated carbocycles. The van der Waals surface area contributed by atoms with E-state index in [-0.39, 0.29) is 30.5 Å². The lowest BCUT2D eigenvalue weighted by Gasteiger charge is -2.46. The lowest BCUT2D eigenvalue weighted by Crippen LogP contribution is -2.57. The van der Waals surface area contributed by atoms with Crippen molar-refractivity contribution in [2.75, 3.05) is 0 Å². The summed E-state index contributed by atoms with van der Waals surface area (Å²) in [5.41, 5.74) is -5.07. The Hall–Kier alpha value is -2.53. The molecule has 53 heavy (non-hydrogen) atoms.